The highest BCUT2D eigenvalue weighted by atomic mass is 16.5. The molecule has 0 radical (unpaired) electrons. The van der Waals surface area contributed by atoms with Crippen LogP contribution in [0.15, 0.2) is 30.5 Å². The van der Waals surface area contributed by atoms with Gasteiger partial charge >= 0.3 is 0 Å². The fraction of sp³-hybridized carbons (Fsp3) is 0.308. The van der Waals surface area contributed by atoms with Crippen molar-refractivity contribution in [2.45, 2.75) is 12.8 Å². The predicted molar refractivity (Wildman–Crippen MR) is 68.0 cm³/mol. The fourth-order valence-corrected chi connectivity index (χ4v) is 1.82. The molecule has 0 aliphatic carbocycles. The van der Waals surface area contributed by atoms with Crippen molar-refractivity contribution in [1.82, 2.24) is 10.2 Å². The zero-order valence-electron chi connectivity index (χ0n) is 9.94. The van der Waals surface area contributed by atoms with Crippen LogP contribution in [0.2, 0.25) is 0 Å². The van der Waals surface area contributed by atoms with Crippen LogP contribution in [0, 0.1) is 0 Å². The third kappa shape index (κ3) is 2.65. The minimum absolute atomic E-state index is 0.691. The van der Waals surface area contributed by atoms with Crippen LogP contribution in [0.4, 0.5) is 0 Å². The van der Waals surface area contributed by atoms with Gasteiger partial charge < -0.3 is 10.5 Å². The lowest BCUT2D eigenvalue weighted by Crippen LogP contribution is -2.01. The number of aromatic nitrogens is 2. The van der Waals surface area contributed by atoms with Crippen molar-refractivity contribution in [1.29, 1.82) is 0 Å². The zero-order valence-corrected chi connectivity index (χ0v) is 9.94. The number of H-pyrrole nitrogens is 1. The second-order valence-corrected chi connectivity index (χ2v) is 3.89. The van der Waals surface area contributed by atoms with E-state index in [-0.39, 0.29) is 0 Å². The Balaban J connectivity index is 2.28. The minimum atomic E-state index is 0.691. The van der Waals surface area contributed by atoms with E-state index in [0.717, 1.165) is 35.4 Å². The minimum Gasteiger partial charge on any atom is -0.497 e. The summed E-state index contributed by atoms with van der Waals surface area (Å²) in [5.74, 6) is 0.855. The van der Waals surface area contributed by atoms with Crippen LogP contribution in [-0.4, -0.2) is 23.9 Å². The molecular formula is C13H17N3O. The number of aromatic amines is 1. The molecule has 0 saturated carbocycles. The summed E-state index contributed by atoms with van der Waals surface area (Å²) in [7, 11) is 1.67. The molecule has 1 heterocycles. The first-order valence-corrected chi connectivity index (χ1v) is 5.72. The van der Waals surface area contributed by atoms with Gasteiger partial charge in [0.15, 0.2) is 0 Å². The summed E-state index contributed by atoms with van der Waals surface area (Å²) in [6.45, 7) is 0.691. The number of rotatable bonds is 5. The number of hydrogen-bond donors (Lipinski definition) is 2. The van der Waals surface area contributed by atoms with E-state index in [1.807, 2.05) is 24.4 Å². The van der Waals surface area contributed by atoms with Gasteiger partial charge in [0.2, 0.25) is 0 Å². The van der Waals surface area contributed by atoms with Gasteiger partial charge in [0.1, 0.15) is 5.75 Å². The van der Waals surface area contributed by atoms with E-state index in [0.29, 0.717) is 6.54 Å². The van der Waals surface area contributed by atoms with E-state index < -0.39 is 0 Å². The molecule has 4 heteroatoms. The molecule has 0 atom stereocenters. The van der Waals surface area contributed by atoms with Crippen LogP contribution in [0.1, 0.15) is 12.1 Å². The molecular weight excluding hydrogens is 214 g/mol. The summed E-state index contributed by atoms with van der Waals surface area (Å²) in [4.78, 5) is 0. The van der Waals surface area contributed by atoms with Crippen molar-refractivity contribution in [2.24, 2.45) is 5.73 Å². The maximum atomic E-state index is 5.53. The van der Waals surface area contributed by atoms with Gasteiger partial charge in [0.05, 0.1) is 13.3 Å². The quantitative estimate of drug-likeness (QED) is 0.827. The Morgan fingerprint density at radius 2 is 2.29 bits per heavy atom. The molecule has 3 N–H and O–H groups in total. The summed E-state index contributed by atoms with van der Waals surface area (Å²) in [5, 5.41) is 7.13. The molecule has 1 aromatic carbocycles. The largest absolute Gasteiger partial charge is 0.497 e. The first-order chi connectivity index (χ1) is 8.35. The Morgan fingerprint density at radius 3 is 3.06 bits per heavy atom. The molecule has 0 spiro atoms. The lowest BCUT2D eigenvalue weighted by Gasteiger charge is -2.05. The van der Waals surface area contributed by atoms with Gasteiger partial charge in [-0.15, -0.1) is 0 Å². The Labute approximate surface area is 101 Å². The van der Waals surface area contributed by atoms with Crippen LogP contribution in [0.5, 0.6) is 5.75 Å². The third-order valence-corrected chi connectivity index (χ3v) is 2.73. The number of methoxy groups -OCH3 is 1. The van der Waals surface area contributed by atoms with E-state index in [4.69, 9.17) is 10.5 Å². The first kappa shape index (κ1) is 11.7. The van der Waals surface area contributed by atoms with Crippen molar-refractivity contribution in [2.75, 3.05) is 13.7 Å². The average Bonchev–Trinajstić information content (AvgIpc) is 2.84. The smallest absolute Gasteiger partial charge is 0.119 e. The molecule has 4 nitrogen and oxygen atoms in total. The standard InChI is InChI=1S/C13H17N3O/c1-17-11-5-2-4-10(8-11)12-9-15-16-13(12)6-3-7-14/h2,4-5,8-9H,3,6-7,14H2,1H3,(H,15,16). The molecule has 0 saturated heterocycles. The van der Waals surface area contributed by atoms with Gasteiger partial charge in [0.25, 0.3) is 0 Å². The molecule has 0 unspecified atom stereocenters. The summed E-state index contributed by atoms with van der Waals surface area (Å²) >= 11 is 0. The van der Waals surface area contributed by atoms with Crippen LogP contribution >= 0.6 is 0 Å². The lowest BCUT2D eigenvalue weighted by molar-refractivity contribution is 0.415. The second kappa shape index (κ2) is 5.50. The van der Waals surface area contributed by atoms with Crippen LogP contribution in [0.25, 0.3) is 11.1 Å². The van der Waals surface area contributed by atoms with E-state index in [1.54, 1.807) is 7.11 Å². The van der Waals surface area contributed by atoms with Crippen LogP contribution < -0.4 is 10.5 Å². The summed E-state index contributed by atoms with van der Waals surface area (Å²) in [6, 6.07) is 7.98. The predicted octanol–water partition coefficient (Wildman–Crippen LogP) is 1.98. The maximum absolute atomic E-state index is 5.53. The van der Waals surface area contributed by atoms with E-state index in [9.17, 15) is 0 Å². The summed E-state index contributed by atoms with van der Waals surface area (Å²) < 4.78 is 5.22. The van der Waals surface area contributed by atoms with Crippen molar-refractivity contribution in [3.8, 4) is 16.9 Å². The Morgan fingerprint density at radius 1 is 1.41 bits per heavy atom. The van der Waals surface area contributed by atoms with Gasteiger partial charge in [0, 0.05) is 11.3 Å². The first-order valence-electron chi connectivity index (χ1n) is 5.72. The molecule has 1 aromatic heterocycles. The van der Waals surface area contributed by atoms with E-state index in [2.05, 4.69) is 16.3 Å². The molecule has 0 bridgehead atoms. The Bertz CT molecular complexity index is 479. The average molecular weight is 231 g/mol. The van der Waals surface area contributed by atoms with Crippen molar-refractivity contribution >= 4 is 0 Å². The molecule has 2 aromatic rings. The van der Waals surface area contributed by atoms with Crippen molar-refractivity contribution < 1.29 is 4.74 Å². The second-order valence-electron chi connectivity index (χ2n) is 3.89. The Kier molecular flexibility index (Phi) is 3.77. The third-order valence-electron chi connectivity index (χ3n) is 2.73. The normalized spacial score (nSPS) is 10.5. The van der Waals surface area contributed by atoms with Gasteiger partial charge in [-0.1, -0.05) is 12.1 Å². The Hall–Kier alpha value is -1.81. The molecule has 2 rings (SSSR count). The molecule has 0 amide bonds. The van der Waals surface area contributed by atoms with Gasteiger partial charge in [-0.05, 0) is 37.1 Å². The number of ether oxygens (including phenoxy) is 1. The fourth-order valence-electron chi connectivity index (χ4n) is 1.82. The van der Waals surface area contributed by atoms with E-state index in [1.165, 1.54) is 0 Å². The molecule has 17 heavy (non-hydrogen) atoms. The number of nitrogens with two attached hydrogens (primary N) is 1. The maximum Gasteiger partial charge on any atom is 0.119 e. The highest BCUT2D eigenvalue weighted by Crippen LogP contribution is 2.26. The summed E-state index contributed by atoms with van der Waals surface area (Å²) in [5.41, 5.74) is 8.89. The topological polar surface area (TPSA) is 63.9 Å². The number of nitrogens with zero attached hydrogens (tertiary/aromatic N) is 1. The molecule has 90 valence electrons. The molecule has 0 fully saturated rings. The van der Waals surface area contributed by atoms with E-state index >= 15 is 0 Å². The monoisotopic (exact) mass is 231 g/mol. The number of benzene rings is 1. The van der Waals surface area contributed by atoms with Crippen LogP contribution in [-0.2, 0) is 6.42 Å². The lowest BCUT2D eigenvalue weighted by atomic mass is 10.0. The van der Waals surface area contributed by atoms with Gasteiger partial charge in [-0.3, -0.25) is 5.10 Å². The highest BCUT2D eigenvalue weighted by Gasteiger charge is 2.07. The zero-order chi connectivity index (χ0) is 12.1. The molecule has 0 aliphatic rings. The van der Waals surface area contributed by atoms with Crippen LogP contribution in [0.3, 0.4) is 0 Å². The van der Waals surface area contributed by atoms with Crippen molar-refractivity contribution in [3.05, 3.63) is 36.2 Å². The van der Waals surface area contributed by atoms with Gasteiger partial charge in [-0.2, -0.15) is 5.10 Å². The van der Waals surface area contributed by atoms with Crippen molar-refractivity contribution in [3.63, 3.8) is 0 Å². The highest BCUT2D eigenvalue weighted by molar-refractivity contribution is 5.66. The summed E-state index contributed by atoms with van der Waals surface area (Å²) in [6.07, 6.45) is 3.73. The number of nitrogens with one attached hydrogen (secondary N) is 1. The number of hydrogen-bond acceptors (Lipinski definition) is 3. The SMILES string of the molecule is COc1cccc(-c2cn[nH]c2CCCN)c1. The number of aryl methyl sites for hydroxylation is 1. The van der Waals surface area contributed by atoms with Gasteiger partial charge in [-0.25, -0.2) is 0 Å². The molecule has 0 aliphatic heterocycles.